The number of rotatable bonds is 0. The van der Waals surface area contributed by atoms with Crippen LogP contribution >= 0.6 is 0 Å². The molecule has 0 bridgehead atoms. The van der Waals surface area contributed by atoms with Crippen molar-refractivity contribution in [2.45, 2.75) is 32.0 Å². The van der Waals surface area contributed by atoms with Crippen molar-refractivity contribution in [1.29, 1.82) is 0 Å². The average molecular weight is 142 g/mol. The maximum absolute atomic E-state index is 9.35. The second kappa shape index (κ2) is 2.72. The van der Waals surface area contributed by atoms with Gasteiger partial charge in [0.2, 0.25) is 0 Å². The van der Waals surface area contributed by atoms with E-state index in [4.69, 9.17) is 0 Å². The summed E-state index contributed by atoms with van der Waals surface area (Å²) >= 11 is 0. The van der Waals surface area contributed by atoms with Gasteiger partial charge in [-0.25, -0.2) is 0 Å². The number of aliphatic hydroxyl groups excluding tert-OH is 2. The largest absolute Gasteiger partial charge is 0.393 e. The van der Waals surface area contributed by atoms with E-state index in [1.165, 1.54) is 0 Å². The molecule has 2 nitrogen and oxygen atoms in total. The van der Waals surface area contributed by atoms with Crippen LogP contribution in [0.4, 0.5) is 0 Å². The molecule has 1 aliphatic carbocycles. The molecule has 0 aromatic carbocycles. The molecule has 0 amide bonds. The first-order valence-electron chi connectivity index (χ1n) is 3.65. The molecule has 2 heteroatoms. The van der Waals surface area contributed by atoms with Crippen molar-refractivity contribution in [3.05, 3.63) is 12.2 Å². The van der Waals surface area contributed by atoms with Crippen LogP contribution in [-0.2, 0) is 0 Å². The lowest BCUT2D eigenvalue weighted by Crippen LogP contribution is -2.31. The Morgan fingerprint density at radius 2 is 2.10 bits per heavy atom. The number of aliphatic hydroxyl groups is 2. The third kappa shape index (κ3) is 1.39. The van der Waals surface area contributed by atoms with Gasteiger partial charge in [0, 0.05) is 0 Å². The van der Waals surface area contributed by atoms with E-state index in [1.807, 2.05) is 6.92 Å². The summed E-state index contributed by atoms with van der Waals surface area (Å²) in [5, 5.41) is 18.5. The van der Waals surface area contributed by atoms with Crippen LogP contribution in [0.2, 0.25) is 0 Å². The topological polar surface area (TPSA) is 40.5 Å². The van der Waals surface area contributed by atoms with Gasteiger partial charge in [0.05, 0.1) is 12.2 Å². The Kier molecular flexibility index (Phi) is 2.11. The zero-order valence-electron chi connectivity index (χ0n) is 6.25. The Bertz CT molecular complexity index is 142. The van der Waals surface area contributed by atoms with Gasteiger partial charge in [-0.15, -0.1) is 0 Å². The maximum Gasteiger partial charge on any atom is 0.0774 e. The summed E-state index contributed by atoms with van der Waals surface area (Å²) in [6.07, 6.45) is 0.570. The van der Waals surface area contributed by atoms with Crippen LogP contribution in [0.15, 0.2) is 12.2 Å². The van der Waals surface area contributed by atoms with Crippen molar-refractivity contribution in [2.24, 2.45) is 5.92 Å². The quantitative estimate of drug-likeness (QED) is 0.489. The normalized spacial score (nSPS) is 41.9. The van der Waals surface area contributed by atoms with Gasteiger partial charge in [0.25, 0.3) is 0 Å². The Morgan fingerprint density at radius 1 is 1.50 bits per heavy atom. The van der Waals surface area contributed by atoms with Crippen LogP contribution < -0.4 is 0 Å². The highest BCUT2D eigenvalue weighted by atomic mass is 16.3. The predicted octanol–water partition coefficient (Wildman–Crippen LogP) is 0.694. The van der Waals surface area contributed by atoms with E-state index in [1.54, 1.807) is 0 Å². The lowest BCUT2D eigenvalue weighted by molar-refractivity contribution is 0.0531. The third-order valence-electron chi connectivity index (χ3n) is 2.10. The second-order valence-corrected chi connectivity index (χ2v) is 3.17. The second-order valence-electron chi connectivity index (χ2n) is 3.17. The Labute approximate surface area is 61.2 Å². The fourth-order valence-corrected chi connectivity index (χ4v) is 1.47. The fraction of sp³-hybridized carbons (Fsp3) is 0.750. The minimum Gasteiger partial charge on any atom is -0.393 e. The van der Waals surface area contributed by atoms with Crippen LogP contribution in [0, 0.1) is 5.92 Å². The summed E-state index contributed by atoms with van der Waals surface area (Å²) in [6.45, 7) is 5.61. The summed E-state index contributed by atoms with van der Waals surface area (Å²) in [6, 6.07) is 0. The van der Waals surface area contributed by atoms with Crippen LogP contribution in [0.5, 0.6) is 0 Å². The molecule has 0 aromatic rings. The van der Waals surface area contributed by atoms with E-state index in [9.17, 15) is 10.2 Å². The summed E-state index contributed by atoms with van der Waals surface area (Å²) in [5.41, 5.74) is 0.770. The molecule has 10 heavy (non-hydrogen) atoms. The summed E-state index contributed by atoms with van der Waals surface area (Å²) < 4.78 is 0. The van der Waals surface area contributed by atoms with E-state index in [2.05, 4.69) is 6.58 Å². The van der Waals surface area contributed by atoms with Crippen molar-refractivity contribution < 1.29 is 10.2 Å². The smallest absolute Gasteiger partial charge is 0.0774 e. The minimum absolute atomic E-state index is 0.163. The van der Waals surface area contributed by atoms with Gasteiger partial charge >= 0.3 is 0 Å². The SMILES string of the molecule is C=C1C[C@@H](O)C[C@H](C)[C@H]1O. The molecule has 2 N–H and O–H groups in total. The van der Waals surface area contributed by atoms with Gasteiger partial charge in [-0.1, -0.05) is 13.5 Å². The molecule has 1 rings (SSSR count). The molecule has 0 aromatic heterocycles. The summed E-state index contributed by atoms with van der Waals surface area (Å²) in [4.78, 5) is 0. The minimum atomic E-state index is -0.400. The van der Waals surface area contributed by atoms with Crippen molar-refractivity contribution in [1.82, 2.24) is 0 Å². The molecule has 0 heterocycles. The van der Waals surface area contributed by atoms with Crippen LogP contribution in [0.25, 0.3) is 0 Å². The highest BCUT2D eigenvalue weighted by Crippen LogP contribution is 2.27. The first kappa shape index (κ1) is 7.76. The van der Waals surface area contributed by atoms with Gasteiger partial charge in [-0.05, 0) is 24.3 Å². The van der Waals surface area contributed by atoms with Gasteiger partial charge in [-0.3, -0.25) is 0 Å². The van der Waals surface area contributed by atoms with Crippen molar-refractivity contribution >= 4 is 0 Å². The molecule has 0 aliphatic heterocycles. The van der Waals surface area contributed by atoms with Crippen molar-refractivity contribution in [2.75, 3.05) is 0 Å². The lowest BCUT2D eigenvalue weighted by atomic mass is 9.83. The van der Waals surface area contributed by atoms with E-state index >= 15 is 0 Å². The van der Waals surface area contributed by atoms with Gasteiger partial charge in [0.1, 0.15) is 0 Å². The molecule has 0 saturated heterocycles. The van der Waals surface area contributed by atoms with Gasteiger partial charge in [0.15, 0.2) is 0 Å². The van der Waals surface area contributed by atoms with Crippen molar-refractivity contribution in [3.8, 4) is 0 Å². The standard InChI is InChI=1S/C8H14O2/c1-5-3-7(9)4-6(2)8(5)10/h6-10H,1,3-4H2,2H3/t6-,7+,8-/m0/s1. The highest BCUT2D eigenvalue weighted by Gasteiger charge is 2.27. The Morgan fingerprint density at radius 3 is 2.60 bits per heavy atom. The van der Waals surface area contributed by atoms with Crippen molar-refractivity contribution in [3.63, 3.8) is 0 Å². The molecule has 0 radical (unpaired) electrons. The molecule has 1 saturated carbocycles. The van der Waals surface area contributed by atoms with Crippen LogP contribution in [0.1, 0.15) is 19.8 Å². The molecule has 1 aliphatic rings. The van der Waals surface area contributed by atoms with Crippen LogP contribution in [-0.4, -0.2) is 22.4 Å². The number of hydrogen-bond donors (Lipinski definition) is 2. The first-order chi connectivity index (χ1) is 4.61. The molecule has 1 fully saturated rings. The molecule has 3 atom stereocenters. The maximum atomic E-state index is 9.35. The monoisotopic (exact) mass is 142 g/mol. The van der Waals surface area contributed by atoms with E-state index in [0.29, 0.717) is 12.8 Å². The molecule has 0 unspecified atom stereocenters. The van der Waals surface area contributed by atoms with E-state index in [-0.39, 0.29) is 12.0 Å². The van der Waals surface area contributed by atoms with E-state index in [0.717, 1.165) is 5.57 Å². The fourth-order valence-electron chi connectivity index (χ4n) is 1.47. The molecular weight excluding hydrogens is 128 g/mol. The van der Waals surface area contributed by atoms with Gasteiger partial charge in [-0.2, -0.15) is 0 Å². The highest BCUT2D eigenvalue weighted by molar-refractivity contribution is 5.08. The van der Waals surface area contributed by atoms with E-state index < -0.39 is 6.10 Å². The zero-order chi connectivity index (χ0) is 7.72. The lowest BCUT2D eigenvalue weighted by Gasteiger charge is -2.29. The summed E-state index contributed by atoms with van der Waals surface area (Å²) in [5.74, 6) is 0.163. The molecular formula is C8H14O2. The van der Waals surface area contributed by atoms with Gasteiger partial charge < -0.3 is 10.2 Å². The van der Waals surface area contributed by atoms with Crippen LogP contribution in [0.3, 0.4) is 0 Å². The first-order valence-corrected chi connectivity index (χ1v) is 3.65. The zero-order valence-corrected chi connectivity index (χ0v) is 6.25. The Hall–Kier alpha value is -0.340. The number of hydrogen-bond acceptors (Lipinski definition) is 2. The Balaban J connectivity index is 2.57. The predicted molar refractivity (Wildman–Crippen MR) is 39.6 cm³/mol. The average Bonchev–Trinajstić information content (AvgIpc) is 1.82. The molecule has 58 valence electrons. The summed E-state index contributed by atoms with van der Waals surface area (Å²) in [7, 11) is 0. The molecule has 0 spiro atoms. The third-order valence-corrected chi connectivity index (χ3v) is 2.10.